The highest BCUT2D eigenvalue weighted by Crippen LogP contribution is 2.36. The van der Waals surface area contributed by atoms with E-state index in [1.165, 1.54) is 6.07 Å². The number of aryl methyl sites for hydroxylation is 2. The van der Waals surface area contributed by atoms with Crippen molar-refractivity contribution in [1.29, 1.82) is 0 Å². The minimum absolute atomic E-state index is 0.221. The van der Waals surface area contributed by atoms with Gasteiger partial charge in [-0.3, -0.25) is 0 Å². The molecule has 1 aliphatic heterocycles. The molecule has 29 heavy (non-hydrogen) atoms. The fraction of sp³-hybridized carbons (Fsp3) is 0.391. The number of piperidine rings is 1. The van der Waals surface area contributed by atoms with Crippen LogP contribution in [-0.4, -0.2) is 30.8 Å². The lowest BCUT2D eigenvalue weighted by atomic mass is 9.90. The number of aromatic nitrogens is 1. The topological polar surface area (TPSA) is 53.2 Å². The zero-order valence-corrected chi connectivity index (χ0v) is 18.2. The number of rotatable bonds is 3. The van der Waals surface area contributed by atoms with Crippen LogP contribution >= 0.6 is 0 Å². The smallest absolute Gasteiger partial charge is 0.243 e. The van der Waals surface area contributed by atoms with Crippen molar-refractivity contribution in [2.45, 2.75) is 51.3 Å². The molecule has 4 nitrogen and oxygen atoms in total. The first-order valence-electron chi connectivity index (χ1n) is 10.0. The number of halogens is 1. The van der Waals surface area contributed by atoms with Crippen molar-refractivity contribution in [1.82, 2.24) is 9.29 Å². The van der Waals surface area contributed by atoms with Crippen LogP contribution < -0.4 is 0 Å². The molecule has 0 aliphatic carbocycles. The molecule has 1 aliphatic rings. The predicted octanol–water partition coefficient (Wildman–Crippen LogP) is 5.11. The highest BCUT2D eigenvalue weighted by molar-refractivity contribution is 7.89. The third-order valence-electron chi connectivity index (χ3n) is 6.46. The van der Waals surface area contributed by atoms with Gasteiger partial charge in [0, 0.05) is 30.2 Å². The van der Waals surface area contributed by atoms with Gasteiger partial charge in [0.1, 0.15) is 5.82 Å². The molecule has 0 bridgehead atoms. The normalized spacial score (nSPS) is 16.6. The van der Waals surface area contributed by atoms with Crippen LogP contribution in [-0.2, 0) is 10.0 Å². The van der Waals surface area contributed by atoms with Crippen LogP contribution in [0.1, 0.15) is 46.6 Å². The summed E-state index contributed by atoms with van der Waals surface area (Å²) in [5, 5.41) is 0.896. The summed E-state index contributed by atoms with van der Waals surface area (Å²) in [6, 6.07) is 6.81. The standard InChI is InChI=1S/C23H27FN2O2S/c1-14-11-15(2)17(4)23(16(14)3)29(27,28)26-9-7-18(8-10-26)21-13-25-22-6-5-19(24)12-20(21)22/h5-6,11-13,18,25H,7-10H2,1-4H3. The Balaban J connectivity index is 1.61. The zero-order chi connectivity index (χ0) is 20.9. The third-order valence-corrected chi connectivity index (χ3v) is 8.64. The summed E-state index contributed by atoms with van der Waals surface area (Å²) >= 11 is 0. The second kappa shape index (κ2) is 7.26. The maximum absolute atomic E-state index is 13.7. The second-order valence-corrected chi connectivity index (χ2v) is 10.1. The molecule has 4 rings (SSSR count). The Kier molecular flexibility index (Phi) is 5.03. The van der Waals surface area contributed by atoms with Crippen molar-refractivity contribution in [3.63, 3.8) is 0 Å². The van der Waals surface area contributed by atoms with Crippen LogP contribution in [0, 0.1) is 33.5 Å². The van der Waals surface area contributed by atoms with Gasteiger partial charge < -0.3 is 4.98 Å². The molecule has 154 valence electrons. The summed E-state index contributed by atoms with van der Waals surface area (Å²) in [7, 11) is -3.54. The van der Waals surface area contributed by atoms with E-state index in [1.54, 1.807) is 16.4 Å². The minimum atomic E-state index is -3.54. The average molecular weight is 415 g/mol. The van der Waals surface area contributed by atoms with Crippen LogP contribution in [0.4, 0.5) is 4.39 Å². The third kappa shape index (κ3) is 3.38. The molecule has 1 fully saturated rings. The van der Waals surface area contributed by atoms with Gasteiger partial charge in [-0.15, -0.1) is 0 Å². The predicted molar refractivity (Wildman–Crippen MR) is 114 cm³/mol. The number of fused-ring (bicyclic) bond motifs is 1. The number of H-pyrrole nitrogens is 1. The molecule has 0 saturated carbocycles. The fourth-order valence-electron chi connectivity index (χ4n) is 4.56. The average Bonchev–Trinajstić information content (AvgIpc) is 3.09. The number of nitrogens with zero attached hydrogens (tertiary/aromatic N) is 1. The Morgan fingerprint density at radius 3 is 2.24 bits per heavy atom. The molecule has 2 heterocycles. The molecule has 0 amide bonds. The van der Waals surface area contributed by atoms with E-state index in [1.807, 2.05) is 40.0 Å². The number of benzene rings is 2. The van der Waals surface area contributed by atoms with Gasteiger partial charge >= 0.3 is 0 Å². The quantitative estimate of drug-likeness (QED) is 0.648. The number of hydrogen-bond acceptors (Lipinski definition) is 2. The number of hydrogen-bond donors (Lipinski definition) is 1. The first-order valence-corrected chi connectivity index (χ1v) is 11.5. The van der Waals surface area contributed by atoms with Crippen LogP contribution in [0.3, 0.4) is 0 Å². The number of aromatic amines is 1. The molecule has 1 saturated heterocycles. The van der Waals surface area contributed by atoms with Gasteiger partial charge in [0.05, 0.1) is 4.90 Å². The summed E-state index contributed by atoms with van der Waals surface area (Å²) < 4.78 is 42.2. The van der Waals surface area contributed by atoms with E-state index in [0.717, 1.165) is 51.6 Å². The Bertz CT molecular complexity index is 1160. The first kappa shape index (κ1) is 20.1. The number of nitrogens with one attached hydrogen (secondary N) is 1. The molecule has 0 unspecified atom stereocenters. The van der Waals surface area contributed by atoms with Crippen molar-refractivity contribution in [3.8, 4) is 0 Å². The Hall–Kier alpha value is -2.18. The summed E-state index contributed by atoms with van der Waals surface area (Å²) in [5.74, 6) is -0.0300. The summed E-state index contributed by atoms with van der Waals surface area (Å²) in [5.41, 5.74) is 5.67. The van der Waals surface area contributed by atoms with E-state index >= 15 is 0 Å². The van der Waals surface area contributed by atoms with Gasteiger partial charge in [-0.25, -0.2) is 12.8 Å². The van der Waals surface area contributed by atoms with Crippen LogP contribution in [0.25, 0.3) is 10.9 Å². The first-order chi connectivity index (χ1) is 13.7. The van der Waals surface area contributed by atoms with E-state index in [-0.39, 0.29) is 11.7 Å². The van der Waals surface area contributed by atoms with E-state index in [2.05, 4.69) is 4.98 Å². The molecule has 0 radical (unpaired) electrons. The Labute approximate surface area is 171 Å². The van der Waals surface area contributed by atoms with E-state index < -0.39 is 10.0 Å². The van der Waals surface area contributed by atoms with Gasteiger partial charge in [-0.1, -0.05) is 6.07 Å². The van der Waals surface area contributed by atoms with Crippen molar-refractivity contribution in [2.24, 2.45) is 0 Å². The Morgan fingerprint density at radius 1 is 1.00 bits per heavy atom. The molecule has 2 aromatic carbocycles. The molecule has 3 aromatic rings. The molecule has 1 aromatic heterocycles. The SMILES string of the molecule is Cc1cc(C)c(C)c(S(=O)(=O)N2CCC(c3c[nH]c4ccc(F)cc34)CC2)c1C. The molecular weight excluding hydrogens is 387 g/mol. The van der Waals surface area contributed by atoms with Crippen molar-refractivity contribution in [2.75, 3.05) is 13.1 Å². The fourth-order valence-corrected chi connectivity index (χ4v) is 6.60. The highest BCUT2D eigenvalue weighted by atomic mass is 32.2. The molecule has 6 heteroatoms. The van der Waals surface area contributed by atoms with Gasteiger partial charge in [0.15, 0.2) is 0 Å². The summed E-state index contributed by atoms with van der Waals surface area (Å²) in [4.78, 5) is 3.67. The summed E-state index contributed by atoms with van der Waals surface area (Å²) in [6.45, 7) is 8.65. The zero-order valence-electron chi connectivity index (χ0n) is 17.3. The molecule has 0 atom stereocenters. The summed E-state index contributed by atoms with van der Waals surface area (Å²) in [6.07, 6.45) is 3.40. The highest BCUT2D eigenvalue weighted by Gasteiger charge is 2.33. The molecule has 1 N–H and O–H groups in total. The van der Waals surface area contributed by atoms with Gasteiger partial charge in [0.2, 0.25) is 10.0 Å². The van der Waals surface area contributed by atoms with Gasteiger partial charge in [0.25, 0.3) is 0 Å². The molecular formula is C23H27FN2O2S. The van der Waals surface area contributed by atoms with Gasteiger partial charge in [-0.05, 0) is 92.5 Å². The monoisotopic (exact) mass is 414 g/mol. The number of sulfonamides is 1. The largest absolute Gasteiger partial charge is 0.361 e. The van der Waals surface area contributed by atoms with E-state index in [0.29, 0.717) is 18.0 Å². The van der Waals surface area contributed by atoms with Crippen LogP contribution in [0.2, 0.25) is 0 Å². The van der Waals surface area contributed by atoms with Crippen molar-refractivity contribution < 1.29 is 12.8 Å². The van der Waals surface area contributed by atoms with E-state index in [4.69, 9.17) is 0 Å². The van der Waals surface area contributed by atoms with Crippen molar-refractivity contribution >= 4 is 20.9 Å². The van der Waals surface area contributed by atoms with Crippen molar-refractivity contribution in [3.05, 3.63) is 64.1 Å². The van der Waals surface area contributed by atoms with E-state index in [9.17, 15) is 12.8 Å². The van der Waals surface area contributed by atoms with Crippen LogP contribution in [0.15, 0.2) is 35.4 Å². The second-order valence-electron chi connectivity index (χ2n) is 8.20. The lowest BCUT2D eigenvalue weighted by Gasteiger charge is -2.32. The maximum atomic E-state index is 13.7. The van der Waals surface area contributed by atoms with Crippen LogP contribution in [0.5, 0.6) is 0 Å². The Morgan fingerprint density at radius 2 is 1.62 bits per heavy atom. The molecule has 0 spiro atoms. The lowest BCUT2D eigenvalue weighted by molar-refractivity contribution is 0.320. The lowest BCUT2D eigenvalue weighted by Crippen LogP contribution is -2.38. The minimum Gasteiger partial charge on any atom is -0.361 e. The van der Waals surface area contributed by atoms with Gasteiger partial charge in [-0.2, -0.15) is 4.31 Å². The maximum Gasteiger partial charge on any atom is 0.243 e.